The highest BCUT2D eigenvalue weighted by molar-refractivity contribution is 14.1. The maximum atomic E-state index is 3.40. The Morgan fingerprint density at radius 1 is 1.15 bits per heavy atom. The summed E-state index contributed by atoms with van der Waals surface area (Å²) in [5, 5.41) is 0.951. The highest BCUT2D eigenvalue weighted by atomic mass is 127. The summed E-state index contributed by atoms with van der Waals surface area (Å²) in [5.74, 6) is 1.81. The summed E-state index contributed by atoms with van der Waals surface area (Å²) in [6, 6.07) is 8.33. The first-order valence-electron chi connectivity index (χ1n) is 4.02. The lowest BCUT2D eigenvalue weighted by Crippen LogP contribution is -1.79. The summed E-state index contributed by atoms with van der Waals surface area (Å²) < 4.78 is 1.33. The number of halogens is 3. The molecule has 0 saturated heterocycles. The van der Waals surface area contributed by atoms with Gasteiger partial charge in [-0.25, -0.2) is 0 Å². The van der Waals surface area contributed by atoms with Gasteiger partial charge in [0.1, 0.15) is 0 Å². The Balaban J connectivity index is 0. The van der Waals surface area contributed by atoms with E-state index >= 15 is 0 Å². The Kier molecular flexibility index (Phi) is 16.2. The van der Waals surface area contributed by atoms with Crippen molar-refractivity contribution in [3.8, 4) is 0 Å². The summed E-state index contributed by atoms with van der Waals surface area (Å²) in [7, 11) is 0. The van der Waals surface area contributed by atoms with Crippen molar-refractivity contribution in [2.45, 2.75) is 19.2 Å². The largest absolute Gasteiger partial charge is 0.0966 e. The molecule has 0 aliphatic heterocycles. The monoisotopic (exact) mass is 420 g/mol. The van der Waals surface area contributed by atoms with Crippen molar-refractivity contribution < 1.29 is 0 Å². The zero-order valence-corrected chi connectivity index (χ0v) is 13.5. The number of alkyl halides is 2. The summed E-state index contributed by atoms with van der Waals surface area (Å²) in [5.41, 5.74) is 1.36. The molecule has 0 heterocycles. The van der Waals surface area contributed by atoms with Gasteiger partial charge in [0.15, 0.2) is 0 Å². The van der Waals surface area contributed by atoms with Gasteiger partial charge in [0.2, 0.25) is 0 Å². The van der Waals surface area contributed by atoms with Crippen molar-refractivity contribution in [2.24, 2.45) is 0 Å². The van der Waals surface area contributed by atoms with Crippen LogP contribution in [0.1, 0.15) is 19.4 Å². The van der Waals surface area contributed by atoms with E-state index in [0.29, 0.717) is 0 Å². The van der Waals surface area contributed by atoms with Crippen molar-refractivity contribution in [3.63, 3.8) is 0 Å². The van der Waals surface area contributed by atoms with Crippen LogP contribution in [0.25, 0.3) is 0 Å². The standard InChI is InChI=1S/C7H6BrI.C2H6.CH3Br/c8-5-6-3-1-2-4-7(6)9;2*1-2/h1-4H,5H2;1-2H3;1H3. The van der Waals surface area contributed by atoms with Crippen LogP contribution in [0.4, 0.5) is 0 Å². The minimum Gasteiger partial charge on any atom is -0.0966 e. The molecule has 0 amide bonds. The minimum absolute atomic E-state index is 0.951. The molecule has 0 aliphatic carbocycles. The van der Waals surface area contributed by atoms with Crippen LogP contribution in [-0.4, -0.2) is 5.83 Å². The maximum absolute atomic E-state index is 3.40. The molecule has 1 aromatic rings. The third-order valence-corrected chi connectivity index (χ3v) is 2.76. The van der Waals surface area contributed by atoms with Crippen molar-refractivity contribution >= 4 is 54.5 Å². The lowest BCUT2D eigenvalue weighted by Gasteiger charge is -1.95. The number of rotatable bonds is 1. The zero-order valence-electron chi connectivity index (χ0n) is 8.15. The molecule has 1 aromatic carbocycles. The van der Waals surface area contributed by atoms with Gasteiger partial charge in [-0.2, -0.15) is 0 Å². The second-order valence-electron chi connectivity index (χ2n) is 1.73. The van der Waals surface area contributed by atoms with Crippen LogP contribution in [0.5, 0.6) is 0 Å². The fourth-order valence-corrected chi connectivity index (χ4v) is 2.20. The van der Waals surface area contributed by atoms with Crippen molar-refractivity contribution in [1.82, 2.24) is 0 Å². The molecular formula is C10H15Br2I. The van der Waals surface area contributed by atoms with E-state index in [-0.39, 0.29) is 0 Å². The van der Waals surface area contributed by atoms with Gasteiger partial charge in [-0.1, -0.05) is 63.9 Å². The van der Waals surface area contributed by atoms with Gasteiger partial charge in [0.25, 0.3) is 0 Å². The van der Waals surface area contributed by atoms with E-state index in [4.69, 9.17) is 0 Å². The molecule has 13 heavy (non-hydrogen) atoms. The van der Waals surface area contributed by atoms with Crippen molar-refractivity contribution in [2.75, 3.05) is 5.83 Å². The van der Waals surface area contributed by atoms with Gasteiger partial charge in [-0.3, -0.25) is 0 Å². The normalized spacial score (nSPS) is 7.54. The van der Waals surface area contributed by atoms with E-state index in [1.807, 2.05) is 25.7 Å². The Morgan fingerprint density at radius 3 is 1.92 bits per heavy atom. The first kappa shape index (κ1) is 16.3. The molecule has 76 valence electrons. The van der Waals surface area contributed by atoms with Crippen molar-refractivity contribution in [3.05, 3.63) is 33.4 Å². The maximum Gasteiger partial charge on any atom is 0.0293 e. The smallest absolute Gasteiger partial charge is 0.0293 e. The zero-order chi connectivity index (χ0) is 10.7. The summed E-state index contributed by atoms with van der Waals surface area (Å²) in [6.07, 6.45) is 0. The molecule has 0 aliphatic rings. The first-order chi connectivity index (χ1) is 6.34. The van der Waals surface area contributed by atoms with E-state index in [2.05, 4.69) is 72.6 Å². The average Bonchev–Trinajstić information content (AvgIpc) is 2.24. The summed E-state index contributed by atoms with van der Waals surface area (Å²) >= 11 is 8.67. The molecule has 0 N–H and O–H groups in total. The fourth-order valence-electron chi connectivity index (χ4n) is 0.607. The molecule has 0 atom stereocenters. The van der Waals surface area contributed by atoms with Crippen molar-refractivity contribution in [1.29, 1.82) is 0 Å². The number of hydrogen-bond acceptors (Lipinski definition) is 0. The van der Waals surface area contributed by atoms with Crippen LogP contribution >= 0.6 is 54.5 Å². The second kappa shape index (κ2) is 12.9. The molecular weight excluding hydrogens is 407 g/mol. The molecule has 0 radical (unpaired) electrons. The second-order valence-corrected chi connectivity index (χ2v) is 3.45. The Bertz CT molecular complexity index is 202. The summed E-state index contributed by atoms with van der Waals surface area (Å²) in [4.78, 5) is 0. The van der Waals surface area contributed by atoms with Gasteiger partial charge in [-0.05, 0) is 40.1 Å². The summed E-state index contributed by atoms with van der Waals surface area (Å²) in [6.45, 7) is 4.00. The topological polar surface area (TPSA) is 0 Å². The fraction of sp³-hybridized carbons (Fsp3) is 0.400. The predicted molar refractivity (Wildman–Crippen MR) is 78.0 cm³/mol. The molecule has 0 fully saturated rings. The van der Waals surface area contributed by atoms with E-state index in [0.717, 1.165) is 5.33 Å². The van der Waals surface area contributed by atoms with Gasteiger partial charge < -0.3 is 0 Å². The van der Waals surface area contributed by atoms with E-state index < -0.39 is 0 Å². The number of hydrogen-bond donors (Lipinski definition) is 0. The highest BCUT2D eigenvalue weighted by Gasteiger charge is 1.92. The lowest BCUT2D eigenvalue weighted by atomic mass is 10.2. The van der Waals surface area contributed by atoms with Crippen LogP contribution in [0, 0.1) is 3.57 Å². The Morgan fingerprint density at radius 2 is 1.62 bits per heavy atom. The molecule has 0 unspecified atom stereocenters. The third-order valence-electron chi connectivity index (χ3n) is 1.10. The molecule has 0 aromatic heterocycles. The van der Waals surface area contributed by atoms with Crippen LogP contribution < -0.4 is 0 Å². The molecule has 0 saturated carbocycles. The van der Waals surface area contributed by atoms with Gasteiger partial charge in [0.05, 0.1) is 0 Å². The molecule has 3 heteroatoms. The quantitative estimate of drug-likeness (QED) is 0.430. The van der Waals surface area contributed by atoms with Gasteiger partial charge in [0, 0.05) is 8.90 Å². The van der Waals surface area contributed by atoms with Crippen LogP contribution in [-0.2, 0) is 5.33 Å². The van der Waals surface area contributed by atoms with E-state index in [1.165, 1.54) is 9.13 Å². The highest BCUT2D eigenvalue weighted by Crippen LogP contribution is 2.13. The third kappa shape index (κ3) is 7.94. The Labute approximate surface area is 112 Å². The van der Waals surface area contributed by atoms with E-state index in [1.54, 1.807) is 0 Å². The molecule has 1 rings (SSSR count). The SMILES string of the molecule is BrCc1ccccc1I.CBr.CC. The van der Waals surface area contributed by atoms with Crippen LogP contribution in [0.15, 0.2) is 24.3 Å². The van der Waals surface area contributed by atoms with Gasteiger partial charge in [-0.15, -0.1) is 0 Å². The average molecular weight is 422 g/mol. The molecule has 0 spiro atoms. The Hall–Kier alpha value is 0.910. The number of benzene rings is 1. The van der Waals surface area contributed by atoms with Crippen LogP contribution in [0.3, 0.4) is 0 Å². The molecule has 0 bridgehead atoms. The molecule has 0 nitrogen and oxygen atoms in total. The minimum atomic E-state index is 0.951. The van der Waals surface area contributed by atoms with E-state index in [9.17, 15) is 0 Å². The lowest BCUT2D eigenvalue weighted by molar-refractivity contribution is 1.40. The predicted octanol–water partition coefficient (Wildman–Crippen LogP) is 5.22. The van der Waals surface area contributed by atoms with Crippen LogP contribution in [0.2, 0.25) is 0 Å². The first-order valence-corrected chi connectivity index (χ1v) is 7.80. The van der Waals surface area contributed by atoms with Gasteiger partial charge >= 0.3 is 0 Å².